The van der Waals surface area contributed by atoms with Gasteiger partial charge in [-0.15, -0.1) is 0 Å². The number of methoxy groups -OCH3 is 2. The van der Waals surface area contributed by atoms with Crippen molar-refractivity contribution in [2.45, 2.75) is 44.4 Å². The third-order valence-electron chi connectivity index (χ3n) is 7.96. The third kappa shape index (κ3) is 4.84. The summed E-state index contributed by atoms with van der Waals surface area (Å²) in [7, 11) is 4.98. The minimum atomic E-state index is -0.920. The largest absolute Gasteiger partial charge is 0.493 e. The molecule has 0 saturated carbocycles. The molecule has 2 aromatic rings. The quantitative estimate of drug-likeness (QED) is 0.537. The number of carbonyl (C=O) groups excluding carboxylic acids is 3. The van der Waals surface area contributed by atoms with Crippen LogP contribution in [0.15, 0.2) is 36.4 Å². The number of carboxylic acid groups (broad SMARTS) is 1. The molecule has 0 aliphatic carbocycles. The smallest absolute Gasteiger partial charge is 0.407 e. The second-order valence-corrected chi connectivity index (χ2v) is 10.1. The van der Waals surface area contributed by atoms with Crippen LogP contribution in [0.2, 0.25) is 0 Å². The molecule has 39 heavy (non-hydrogen) atoms. The van der Waals surface area contributed by atoms with Crippen LogP contribution in [0.3, 0.4) is 0 Å². The number of fused-ring (bicyclic) bond motifs is 1. The Kier molecular flexibility index (Phi) is 7.07. The zero-order valence-corrected chi connectivity index (χ0v) is 22.3. The van der Waals surface area contributed by atoms with Crippen molar-refractivity contribution in [1.82, 2.24) is 14.7 Å². The van der Waals surface area contributed by atoms with Gasteiger partial charge in [-0.1, -0.05) is 6.07 Å². The molecule has 1 N–H and O–H groups in total. The number of piperidine rings is 1. The van der Waals surface area contributed by atoms with E-state index >= 15 is 0 Å². The van der Waals surface area contributed by atoms with Crippen LogP contribution in [-0.2, 0) is 22.7 Å². The monoisotopic (exact) mass is 536 g/mol. The lowest BCUT2D eigenvalue weighted by Gasteiger charge is -2.35. The van der Waals surface area contributed by atoms with Crippen LogP contribution in [0, 0.1) is 0 Å². The number of ether oxygens (including phenoxy) is 2. The van der Waals surface area contributed by atoms with Crippen molar-refractivity contribution >= 4 is 29.5 Å². The summed E-state index contributed by atoms with van der Waals surface area (Å²) < 4.78 is 10.6. The van der Waals surface area contributed by atoms with Gasteiger partial charge in [0.15, 0.2) is 11.5 Å². The summed E-state index contributed by atoms with van der Waals surface area (Å²) >= 11 is 0. The molecular weight excluding hydrogens is 504 g/mol. The minimum absolute atomic E-state index is 0.0448. The number of amides is 4. The first-order valence-electron chi connectivity index (χ1n) is 12.9. The highest BCUT2D eigenvalue weighted by molar-refractivity contribution is 6.05. The molecule has 2 aromatic carbocycles. The van der Waals surface area contributed by atoms with Crippen LogP contribution < -0.4 is 14.4 Å². The Morgan fingerprint density at radius 3 is 2.51 bits per heavy atom. The van der Waals surface area contributed by atoms with E-state index in [1.807, 2.05) is 24.1 Å². The van der Waals surface area contributed by atoms with Crippen LogP contribution in [0.1, 0.15) is 40.7 Å². The maximum absolute atomic E-state index is 13.5. The van der Waals surface area contributed by atoms with Gasteiger partial charge >= 0.3 is 6.09 Å². The normalized spacial score (nSPS) is 20.9. The third-order valence-corrected chi connectivity index (χ3v) is 7.96. The standard InChI is InChI=1S/C28H32N4O7/c1-29(20-10-11-30(16-20)28(36)37)19-5-6-21-18(13-19)15-31(26(21)34)22-7-9-25(33)32(27(22)35)14-17-4-8-23(38-2)24(12-17)39-3/h4-6,8,12-13,20,22H,7,9-11,14-16H2,1-3H3,(H,36,37)/t20-,22?/m0/s1. The van der Waals surface area contributed by atoms with Crippen molar-refractivity contribution in [3.8, 4) is 11.5 Å². The molecule has 11 nitrogen and oxygen atoms in total. The molecule has 0 bridgehead atoms. The highest BCUT2D eigenvalue weighted by Crippen LogP contribution is 2.34. The number of imide groups is 1. The number of likely N-dealkylation sites (N-methyl/N-ethyl adjacent to an activating group) is 1. The van der Waals surface area contributed by atoms with Gasteiger partial charge in [0.1, 0.15) is 6.04 Å². The number of rotatable bonds is 7. The van der Waals surface area contributed by atoms with Crippen LogP contribution in [0.4, 0.5) is 10.5 Å². The predicted molar refractivity (Wildman–Crippen MR) is 141 cm³/mol. The van der Waals surface area contributed by atoms with E-state index in [0.29, 0.717) is 35.7 Å². The van der Waals surface area contributed by atoms with E-state index in [2.05, 4.69) is 0 Å². The summed E-state index contributed by atoms with van der Waals surface area (Å²) in [6.07, 6.45) is 0.252. The molecule has 2 saturated heterocycles. The topological polar surface area (TPSA) is 120 Å². The highest BCUT2D eigenvalue weighted by atomic mass is 16.5. The van der Waals surface area contributed by atoms with Crippen LogP contribution in [0.25, 0.3) is 0 Å². The van der Waals surface area contributed by atoms with E-state index in [1.54, 1.807) is 29.2 Å². The number of likely N-dealkylation sites (tertiary alicyclic amines) is 2. The van der Waals surface area contributed by atoms with Gasteiger partial charge in [0.2, 0.25) is 5.91 Å². The van der Waals surface area contributed by atoms with E-state index in [-0.39, 0.29) is 49.7 Å². The van der Waals surface area contributed by atoms with Gasteiger partial charge in [0.25, 0.3) is 11.8 Å². The molecule has 206 valence electrons. The second kappa shape index (κ2) is 10.5. The van der Waals surface area contributed by atoms with Crippen molar-refractivity contribution < 1.29 is 33.8 Å². The molecule has 2 atom stereocenters. The Bertz CT molecular complexity index is 1330. The van der Waals surface area contributed by atoms with E-state index < -0.39 is 12.1 Å². The molecule has 0 radical (unpaired) electrons. The van der Waals surface area contributed by atoms with Crippen LogP contribution >= 0.6 is 0 Å². The van der Waals surface area contributed by atoms with Gasteiger partial charge in [-0.2, -0.15) is 0 Å². The molecule has 3 aliphatic heterocycles. The minimum Gasteiger partial charge on any atom is -0.493 e. The van der Waals surface area contributed by atoms with E-state index in [1.165, 1.54) is 24.0 Å². The van der Waals surface area contributed by atoms with Gasteiger partial charge in [-0.25, -0.2) is 4.79 Å². The molecule has 1 unspecified atom stereocenters. The van der Waals surface area contributed by atoms with Crippen molar-refractivity contribution in [3.05, 3.63) is 53.1 Å². The van der Waals surface area contributed by atoms with Gasteiger partial charge in [0.05, 0.1) is 20.8 Å². The molecule has 0 aromatic heterocycles. The summed E-state index contributed by atoms with van der Waals surface area (Å²) in [5.74, 6) is 0.164. The maximum Gasteiger partial charge on any atom is 0.407 e. The maximum atomic E-state index is 13.5. The van der Waals surface area contributed by atoms with Gasteiger partial charge in [0, 0.05) is 50.4 Å². The summed E-state index contributed by atoms with van der Waals surface area (Å²) in [6.45, 7) is 1.27. The van der Waals surface area contributed by atoms with E-state index in [0.717, 1.165) is 17.7 Å². The molecule has 4 amide bonds. The van der Waals surface area contributed by atoms with Crippen molar-refractivity contribution in [3.63, 3.8) is 0 Å². The van der Waals surface area contributed by atoms with Gasteiger partial charge in [-0.3, -0.25) is 19.3 Å². The fraction of sp³-hybridized carbons (Fsp3) is 0.429. The number of nitrogens with zero attached hydrogens (tertiary/aromatic N) is 4. The lowest BCUT2D eigenvalue weighted by Crippen LogP contribution is -2.54. The predicted octanol–water partition coefficient (Wildman–Crippen LogP) is 2.57. The number of hydrogen-bond donors (Lipinski definition) is 1. The summed E-state index contributed by atoms with van der Waals surface area (Å²) in [6, 6.07) is 10.1. The highest BCUT2D eigenvalue weighted by Gasteiger charge is 2.43. The Labute approximate surface area is 226 Å². The summed E-state index contributed by atoms with van der Waals surface area (Å²) in [4.78, 5) is 57.2. The SMILES string of the molecule is COc1ccc(CN2C(=O)CCC(N3Cc4cc(N(C)[C@H]5CCN(C(=O)O)C5)ccc4C3=O)C2=O)cc1OC. The Morgan fingerprint density at radius 2 is 1.82 bits per heavy atom. The molecule has 2 fully saturated rings. The van der Waals surface area contributed by atoms with Gasteiger partial charge < -0.3 is 29.3 Å². The first kappa shape index (κ1) is 26.3. The molecule has 3 aliphatic rings. The van der Waals surface area contributed by atoms with Crippen LogP contribution in [0.5, 0.6) is 11.5 Å². The Morgan fingerprint density at radius 1 is 1.05 bits per heavy atom. The molecule has 0 spiro atoms. The first-order chi connectivity index (χ1) is 18.7. The average Bonchev–Trinajstić information content (AvgIpc) is 3.56. The molecule has 5 rings (SSSR count). The number of benzene rings is 2. The summed E-state index contributed by atoms with van der Waals surface area (Å²) in [5, 5.41) is 9.28. The second-order valence-electron chi connectivity index (χ2n) is 10.1. The first-order valence-corrected chi connectivity index (χ1v) is 12.9. The van der Waals surface area contributed by atoms with Gasteiger partial charge in [-0.05, 0) is 54.3 Å². The van der Waals surface area contributed by atoms with Crippen molar-refractivity contribution in [2.24, 2.45) is 0 Å². The fourth-order valence-corrected chi connectivity index (χ4v) is 5.68. The van der Waals surface area contributed by atoms with E-state index in [4.69, 9.17) is 9.47 Å². The zero-order valence-electron chi connectivity index (χ0n) is 22.3. The fourth-order valence-electron chi connectivity index (χ4n) is 5.68. The summed E-state index contributed by atoms with van der Waals surface area (Å²) in [5.41, 5.74) is 2.96. The molecule has 3 heterocycles. The molecular formula is C28H32N4O7. The lowest BCUT2D eigenvalue weighted by molar-refractivity contribution is -0.153. The zero-order chi connectivity index (χ0) is 27.8. The van der Waals surface area contributed by atoms with Crippen molar-refractivity contribution in [2.75, 3.05) is 39.3 Å². The Hall–Kier alpha value is -4.28. The number of anilines is 1. The van der Waals surface area contributed by atoms with Crippen molar-refractivity contribution in [1.29, 1.82) is 0 Å². The van der Waals surface area contributed by atoms with Crippen LogP contribution in [-0.4, -0.2) is 90.1 Å². The molecule has 11 heteroatoms. The Balaban J connectivity index is 1.31. The number of carbonyl (C=O) groups is 4. The number of hydrogen-bond acceptors (Lipinski definition) is 7. The average molecular weight is 537 g/mol. The lowest BCUT2D eigenvalue weighted by atomic mass is 10.0. The van der Waals surface area contributed by atoms with E-state index in [9.17, 15) is 24.3 Å².